The minimum Gasteiger partial charge on any atom is -0.257 e. The Kier molecular flexibility index (Phi) is 13.4. The Hall–Kier alpha value is -7.71. The fraction of sp³-hybridized carbons (Fsp3) is 0.0952. The highest BCUT2D eigenvalue weighted by atomic mass is 31.0. The molecule has 0 aliphatic carbocycles. The topological polar surface area (TPSA) is 38.1 Å². The van der Waals surface area contributed by atoms with E-state index in [2.05, 4.69) is 223 Å². The first-order valence-electron chi connectivity index (χ1n) is 22.9. The smallest absolute Gasteiger partial charge is 0.0710 e. The first kappa shape index (κ1) is 44.5. The van der Waals surface area contributed by atoms with Crippen LogP contribution in [0.5, 0.6) is 0 Å². The predicted molar refractivity (Wildman–Crippen MR) is 293 cm³/mol. The van der Waals surface area contributed by atoms with Gasteiger partial charge in [0.1, 0.15) is 0 Å². The zero-order chi connectivity index (χ0) is 46.3. The van der Waals surface area contributed by atoms with Crippen LogP contribution < -0.4 is 0 Å². The molecule has 0 N–H and O–H groups in total. The zero-order valence-corrected chi connectivity index (χ0v) is 39.9. The third-order valence-corrected chi connectivity index (χ3v) is 14.0. The molecule has 9 aromatic rings. The summed E-state index contributed by atoms with van der Waals surface area (Å²) >= 11 is 0. The van der Waals surface area contributed by atoms with Crippen molar-refractivity contribution in [1.29, 1.82) is 0 Å². The van der Waals surface area contributed by atoms with Gasteiger partial charge in [0.2, 0.25) is 0 Å². The molecule has 0 saturated carbocycles. The molecule has 0 amide bonds. The van der Waals surface area contributed by atoms with Gasteiger partial charge < -0.3 is 0 Å². The number of nitrogens with zero attached hydrogens (tertiary/aromatic N) is 3. The van der Waals surface area contributed by atoms with Crippen molar-refractivity contribution in [2.45, 2.75) is 41.0 Å². The van der Waals surface area contributed by atoms with Crippen LogP contribution in [0.25, 0.3) is 85.0 Å². The maximum absolute atomic E-state index is 5.01. The lowest BCUT2D eigenvalue weighted by Crippen LogP contribution is -1.97. The second-order valence-electron chi connectivity index (χ2n) is 17.3. The summed E-state index contributed by atoms with van der Waals surface area (Å²) in [4.78, 5) is 14.6. The molecule has 67 heavy (non-hydrogen) atoms. The second kappa shape index (κ2) is 20.2. The van der Waals surface area contributed by atoms with E-state index in [-0.39, 0.29) is 0 Å². The van der Waals surface area contributed by atoms with Gasteiger partial charge in [-0.3, -0.25) is 15.0 Å². The van der Waals surface area contributed by atoms with Gasteiger partial charge in [0.15, 0.2) is 0 Å². The Morgan fingerprint density at radius 2 is 1.16 bits per heavy atom. The van der Waals surface area contributed by atoms with Gasteiger partial charge in [0, 0.05) is 40.4 Å². The van der Waals surface area contributed by atoms with Crippen molar-refractivity contribution < 1.29 is 0 Å². The number of benzene rings is 6. The molecule has 1 unspecified atom stereocenters. The van der Waals surface area contributed by atoms with E-state index in [1.165, 1.54) is 65.5 Å². The predicted octanol–water partition coefficient (Wildman–Crippen LogP) is 17.4. The normalized spacial score (nSPS) is 12.5. The first-order chi connectivity index (χ1) is 32.7. The van der Waals surface area contributed by atoms with Crippen LogP contribution in [0.3, 0.4) is 0 Å². The Bertz CT molecular complexity index is 3450. The lowest BCUT2D eigenvalue weighted by atomic mass is 9.92. The molecule has 6 aromatic carbocycles. The summed E-state index contributed by atoms with van der Waals surface area (Å²) in [5.41, 5.74) is 20.4. The van der Waals surface area contributed by atoms with E-state index in [1.54, 1.807) is 6.20 Å². The van der Waals surface area contributed by atoms with Crippen LogP contribution in [-0.4, -0.2) is 15.7 Å². The Morgan fingerprint density at radius 1 is 0.567 bits per heavy atom. The van der Waals surface area contributed by atoms with Crippen molar-refractivity contribution in [3.63, 3.8) is 0 Å². The van der Waals surface area contributed by atoms with E-state index in [4.69, 9.17) is 15.0 Å². The number of fused-ring (bicyclic) bond motifs is 3. The molecule has 0 bridgehead atoms. The highest BCUT2D eigenvalue weighted by Crippen LogP contribution is 2.40. The lowest BCUT2D eigenvalue weighted by molar-refractivity contribution is 1.22. The van der Waals surface area contributed by atoms with Crippen LogP contribution in [0.1, 0.15) is 69.0 Å². The molecule has 326 valence electrons. The molecule has 0 radical (unpaired) electrons. The van der Waals surface area contributed by atoms with Gasteiger partial charge in [0.25, 0.3) is 0 Å². The van der Waals surface area contributed by atoms with E-state index in [0.717, 1.165) is 62.5 Å². The van der Waals surface area contributed by atoms with E-state index in [1.807, 2.05) is 18.5 Å². The van der Waals surface area contributed by atoms with Crippen molar-refractivity contribution in [3.8, 4) is 33.6 Å². The van der Waals surface area contributed by atoms with Gasteiger partial charge in [-0.05, 0) is 155 Å². The van der Waals surface area contributed by atoms with Crippen LogP contribution in [0.2, 0.25) is 0 Å². The minimum absolute atomic E-state index is 0.606. The van der Waals surface area contributed by atoms with Gasteiger partial charge in [-0.1, -0.05) is 164 Å². The fourth-order valence-corrected chi connectivity index (χ4v) is 10.4. The summed E-state index contributed by atoms with van der Waals surface area (Å²) in [5.74, 6) is 0. The molecule has 0 spiro atoms. The van der Waals surface area contributed by atoms with Gasteiger partial charge in [-0.25, -0.2) is 0 Å². The third-order valence-electron chi connectivity index (χ3n) is 12.5. The van der Waals surface area contributed by atoms with Gasteiger partial charge in [0.05, 0.1) is 17.1 Å². The molecular formula is C63H54N3P. The number of aliphatic imine (C=N–C) groups is 1. The van der Waals surface area contributed by atoms with E-state index >= 15 is 0 Å². The molecule has 1 atom stereocenters. The Balaban J connectivity index is 1.000. The Labute approximate surface area is 397 Å². The molecule has 0 aliphatic heterocycles. The summed E-state index contributed by atoms with van der Waals surface area (Å²) < 4.78 is 0. The minimum atomic E-state index is 0.606. The van der Waals surface area contributed by atoms with Crippen LogP contribution in [-0.2, 0) is 0 Å². The monoisotopic (exact) mass is 883 g/mol. The fourth-order valence-electron chi connectivity index (χ4n) is 8.88. The van der Waals surface area contributed by atoms with Gasteiger partial charge in [-0.2, -0.15) is 0 Å². The first-order valence-corrected chi connectivity index (χ1v) is 23.9. The van der Waals surface area contributed by atoms with E-state index < -0.39 is 0 Å². The average Bonchev–Trinajstić information content (AvgIpc) is 3.73. The molecule has 0 fully saturated rings. The van der Waals surface area contributed by atoms with Crippen LogP contribution in [0, 0.1) is 27.7 Å². The highest BCUT2D eigenvalue weighted by molar-refractivity contribution is 7.44. The summed E-state index contributed by atoms with van der Waals surface area (Å²) in [7, 11) is 0.606. The van der Waals surface area contributed by atoms with Crippen LogP contribution >= 0.6 is 8.19 Å². The number of allylic oxidation sites excluding steroid dienone is 3. The SMILES string of the molecule is C=CN=C(/C=C(/C)C/C=C/c1cc(/C=C/c2cnc(-c3ccccc3)cc2C)cc(/C=C/c2cnc(-c3cccc(-c4ccccc4C)c3C)cc2C)c1)c1cccc2c1[pH]c1ccccc12. The number of aromatic nitrogens is 2. The zero-order valence-electron chi connectivity index (χ0n) is 38.9. The van der Waals surface area contributed by atoms with Crippen molar-refractivity contribution in [3.05, 3.63) is 244 Å². The molecule has 9 rings (SSSR count). The molecule has 3 heterocycles. The highest BCUT2D eigenvalue weighted by Gasteiger charge is 2.13. The summed E-state index contributed by atoms with van der Waals surface area (Å²) in [6, 6.07) is 51.8. The van der Waals surface area contributed by atoms with Crippen molar-refractivity contribution in [2.24, 2.45) is 4.99 Å². The number of rotatable bonds is 13. The number of pyridine rings is 2. The molecule has 0 saturated heterocycles. The van der Waals surface area contributed by atoms with Gasteiger partial charge in [-0.15, -0.1) is 8.19 Å². The summed E-state index contributed by atoms with van der Waals surface area (Å²) in [6.07, 6.45) is 21.8. The number of hydrogen-bond donors (Lipinski definition) is 0. The van der Waals surface area contributed by atoms with Crippen molar-refractivity contribution in [1.82, 2.24) is 9.97 Å². The molecule has 3 aromatic heterocycles. The maximum atomic E-state index is 5.01. The molecular weight excluding hydrogens is 830 g/mol. The quantitative estimate of drug-likeness (QED) is 0.108. The molecule has 0 aliphatic rings. The second-order valence-corrected chi connectivity index (χ2v) is 18.6. The standard InChI is InChI=1S/C63H54N3P/c1-7-64-60(58-28-17-27-57-56-24-13-14-29-62(56)67-63(57)58)34-42(2)18-15-20-47-37-48(30-32-51-40-65-59(35-44(51)4)50-21-9-8-10-22-50)39-49(38-47)31-33-52-41-66-61(36-45(52)5)55-26-16-25-54(46(55)6)53-23-12-11-19-43(53)3/h7-17,19-41,67H,1,18H2,2-6H3/b20-15+,32-30+,33-31+,42-34-,64-60?. The average molecular weight is 884 g/mol. The largest absolute Gasteiger partial charge is 0.257 e. The molecule has 3 nitrogen and oxygen atoms in total. The van der Waals surface area contributed by atoms with Crippen LogP contribution in [0.15, 0.2) is 193 Å². The molecule has 4 heteroatoms. The number of aryl methyl sites for hydroxylation is 3. The number of hydrogen-bond acceptors (Lipinski definition) is 3. The van der Waals surface area contributed by atoms with E-state index in [9.17, 15) is 0 Å². The lowest BCUT2D eigenvalue weighted by Gasteiger charge is -2.14. The van der Waals surface area contributed by atoms with E-state index in [0.29, 0.717) is 8.19 Å². The maximum Gasteiger partial charge on any atom is 0.0710 e. The summed E-state index contributed by atoms with van der Waals surface area (Å²) in [5, 5.41) is 5.38. The van der Waals surface area contributed by atoms with Crippen molar-refractivity contribution in [2.75, 3.05) is 0 Å². The van der Waals surface area contributed by atoms with Gasteiger partial charge >= 0.3 is 0 Å². The third kappa shape index (κ3) is 10.1. The van der Waals surface area contributed by atoms with Crippen molar-refractivity contribution >= 4 is 65.3 Å². The Morgan fingerprint density at radius 3 is 1.88 bits per heavy atom. The summed E-state index contributed by atoms with van der Waals surface area (Å²) in [6.45, 7) is 14.8. The van der Waals surface area contributed by atoms with Crippen LogP contribution in [0.4, 0.5) is 0 Å².